The van der Waals surface area contributed by atoms with Crippen LogP contribution < -0.4 is 0 Å². The molecule has 1 fully saturated rings. The van der Waals surface area contributed by atoms with Gasteiger partial charge in [0.25, 0.3) is 0 Å². The Morgan fingerprint density at radius 2 is 2.20 bits per heavy atom. The maximum atomic E-state index is 5.29. The second-order valence-corrected chi connectivity index (χ2v) is 4.92. The fourth-order valence-corrected chi connectivity index (χ4v) is 2.85. The molecule has 0 atom stereocenters. The van der Waals surface area contributed by atoms with Crippen LogP contribution in [0.2, 0.25) is 0 Å². The lowest BCUT2D eigenvalue weighted by atomic mass is 10.0. The summed E-state index contributed by atoms with van der Waals surface area (Å²) in [4.78, 5) is 3.14. The molecule has 0 aliphatic heterocycles. The van der Waals surface area contributed by atoms with E-state index in [1.54, 1.807) is 0 Å². The highest BCUT2D eigenvalue weighted by Gasteiger charge is 2.15. The average molecular weight is 224 g/mol. The van der Waals surface area contributed by atoms with E-state index in [0.29, 0.717) is 0 Å². The van der Waals surface area contributed by atoms with Gasteiger partial charge in [0.1, 0.15) is 0 Å². The molecule has 0 amide bonds. The standard InChI is InChI=1S/C12H20N2S/c1-2-11-9-13-12(15)14(11)8-7-10-5-3-4-6-10/h9-10H,2-8H2,1H3,(H,13,15). The van der Waals surface area contributed by atoms with Crippen LogP contribution in [0.5, 0.6) is 0 Å². The third-order valence-corrected chi connectivity index (χ3v) is 3.89. The van der Waals surface area contributed by atoms with Gasteiger partial charge in [0.15, 0.2) is 4.77 Å². The number of H-pyrrole nitrogens is 1. The highest BCUT2D eigenvalue weighted by molar-refractivity contribution is 7.71. The van der Waals surface area contributed by atoms with Gasteiger partial charge in [0.05, 0.1) is 0 Å². The van der Waals surface area contributed by atoms with Crippen LogP contribution in [0.3, 0.4) is 0 Å². The maximum Gasteiger partial charge on any atom is 0.177 e. The first-order valence-electron chi connectivity index (χ1n) is 6.08. The summed E-state index contributed by atoms with van der Waals surface area (Å²) in [7, 11) is 0. The molecule has 1 aliphatic carbocycles. The first-order valence-corrected chi connectivity index (χ1v) is 6.49. The van der Waals surface area contributed by atoms with Gasteiger partial charge < -0.3 is 9.55 Å². The number of hydrogen-bond donors (Lipinski definition) is 1. The Kier molecular flexibility index (Phi) is 3.62. The van der Waals surface area contributed by atoms with Crippen molar-refractivity contribution in [3.63, 3.8) is 0 Å². The minimum Gasteiger partial charge on any atom is -0.337 e. The topological polar surface area (TPSA) is 20.7 Å². The molecule has 2 rings (SSSR count). The van der Waals surface area contributed by atoms with Crippen molar-refractivity contribution in [2.24, 2.45) is 5.92 Å². The quantitative estimate of drug-likeness (QED) is 0.774. The van der Waals surface area contributed by atoms with E-state index in [0.717, 1.165) is 23.7 Å². The number of nitrogens with zero attached hydrogens (tertiary/aromatic N) is 1. The third kappa shape index (κ3) is 2.51. The highest BCUT2D eigenvalue weighted by Crippen LogP contribution is 2.28. The largest absolute Gasteiger partial charge is 0.337 e. The Balaban J connectivity index is 1.97. The van der Waals surface area contributed by atoms with Crippen LogP contribution in [-0.4, -0.2) is 9.55 Å². The van der Waals surface area contributed by atoms with E-state index in [1.807, 2.05) is 0 Å². The normalized spacial score (nSPS) is 17.4. The molecule has 1 aromatic heterocycles. The van der Waals surface area contributed by atoms with E-state index in [2.05, 4.69) is 22.7 Å². The van der Waals surface area contributed by atoms with Gasteiger partial charge in [-0.1, -0.05) is 32.6 Å². The van der Waals surface area contributed by atoms with Gasteiger partial charge >= 0.3 is 0 Å². The Morgan fingerprint density at radius 1 is 1.47 bits per heavy atom. The molecule has 1 aliphatic rings. The van der Waals surface area contributed by atoms with E-state index in [1.165, 1.54) is 37.8 Å². The Labute approximate surface area is 96.7 Å². The molecule has 1 saturated carbocycles. The van der Waals surface area contributed by atoms with Crippen LogP contribution in [0, 0.1) is 10.7 Å². The van der Waals surface area contributed by atoms with Crippen molar-refractivity contribution in [3.8, 4) is 0 Å². The maximum absolute atomic E-state index is 5.29. The van der Waals surface area contributed by atoms with E-state index in [4.69, 9.17) is 12.2 Å². The lowest BCUT2D eigenvalue weighted by molar-refractivity contribution is 0.451. The van der Waals surface area contributed by atoms with Crippen molar-refractivity contribution < 1.29 is 0 Å². The molecule has 0 bridgehead atoms. The van der Waals surface area contributed by atoms with Gasteiger partial charge in [-0.15, -0.1) is 0 Å². The van der Waals surface area contributed by atoms with Crippen LogP contribution >= 0.6 is 12.2 Å². The Bertz CT molecular complexity index is 358. The van der Waals surface area contributed by atoms with Gasteiger partial charge in [-0.2, -0.15) is 0 Å². The van der Waals surface area contributed by atoms with Crippen LogP contribution in [0.1, 0.15) is 44.7 Å². The van der Waals surface area contributed by atoms with Gasteiger partial charge in [0, 0.05) is 18.4 Å². The van der Waals surface area contributed by atoms with Crippen LogP contribution in [0.4, 0.5) is 0 Å². The summed E-state index contributed by atoms with van der Waals surface area (Å²) >= 11 is 5.29. The Morgan fingerprint density at radius 3 is 2.87 bits per heavy atom. The van der Waals surface area contributed by atoms with Gasteiger partial charge in [-0.05, 0) is 31.0 Å². The van der Waals surface area contributed by atoms with Crippen LogP contribution in [0.25, 0.3) is 0 Å². The number of imidazole rings is 1. The second kappa shape index (κ2) is 4.97. The first-order chi connectivity index (χ1) is 7.31. The predicted molar refractivity (Wildman–Crippen MR) is 65.6 cm³/mol. The molecule has 84 valence electrons. The Hall–Kier alpha value is -0.570. The first kappa shape index (κ1) is 10.9. The van der Waals surface area contributed by atoms with Crippen molar-refractivity contribution in [3.05, 3.63) is 16.7 Å². The molecule has 0 unspecified atom stereocenters. The monoisotopic (exact) mass is 224 g/mol. The van der Waals surface area contributed by atoms with Crippen LogP contribution in [0.15, 0.2) is 6.20 Å². The molecule has 1 aromatic rings. The molecule has 0 spiro atoms. The summed E-state index contributed by atoms with van der Waals surface area (Å²) in [6.45, 7) is 3.29. The summed E-state index contributed by atoms with van der Waals surface area (Å²) in [6.07, 6.45) is 10.2. The number of aromatic nitrogens is 2. The van der Waals surface area contributed by atoms with E-state index >= 15 is 0 Å². The predicted octanol–water partition coefficient (Wildman–Crippen LogP) is 3.69. The number of nitrogens with one attached hydrogen (secondary N) is 1. The SMILES string of the molecule is CCc1c[nH]c(=S)n1CCC1CCCC1. The van der Waals surface area contributed by atoms with Gasteiger partial charge in [0.2, 0.25) is 0 Å². The molecule has 2 nitrogen and oxygen atoms in total. The number of aryl methyl sites for hydroxylation is 1. The molecule has 3 heteroatoms. The molecular weight excluding hydrogens is 204 g/mol. The van der Waals surface area contributed by atoms with Crippen molar-refractivity contribution in [1.82, 2.24) is 9.55 Å². The third-order valence-electron chi connectivity index (χ3n) is 3.55. The zero-order valence-corrected chi connectivity index (χ0v) is 10.3. The summed E-state index contributed by atoms with van der Waals surface area (Å²) < 4.78 is 3.16. The van der Waals surface area contributed by atoms with Gasteiger partial charge in [-0.3, -0.25) is 0 Å². The fourth-order valence-electron chi connectivity index (χ4n) is 2.58. The van der Waals surface area contributed by atoms with Crippen molar-refractivity contribution >= 4 is 12.2 Å². The summed E-state index contributed by atoms with van der Waals surface area (Å²) in [5.74, 6) is 0.950. The van der Waals surface area contributed by atoms with Crippen molar-refractivity contribution in [2.75, 3.05) is 0 Å². The molecule has 1 N–H and O–H groups in total. The lowest BCUT2D eigenvalue weighted by Crippen LogP contribution is -2.06. The average Bonchev–Trinajstić information content (AvgIpc) is 2.84. The fraction of sp³-hybridized carbons (Fsp3) is 0.750. The minimum absolute atomic E-state index is 0.893. The molecule has 0 saturated heterocycles. The van der Waals surface area contributed by atoms with Gasteiger partial charge in [-0.25, -0.2) is 0 Å². The summed E-state index contributed by atoms with van der Waals surface area (Å²) in [5.41, 5.74) is 1.35. The van der Waals surface area contributed by atoms with Crippen molar-refractivity contribution in [1.29, 1.82) is 0 Å². The van der Waals surface area contributed by atoms with Crippen LogP contribution in [-0.2, 0) is 13.0 Å². The van der Waals surface area contributed by atoms with E-state index < -0.39 is 0 Å². The smallest absolute Gasteiger partial charge is 0.177 e. The molecule has 1 heterocycles. The highest BCUT2D eigenvalue weighted by atomic mass is 32.1. The zero-order valence-electron chi connectivity index (χ0n) is 9.46. The molecule has 15 heavy (non-hydrogen) atoms. The molecule has 0 aromatic carbocycles. The summed E-state index contributed by atoms with van der Waals surface area (Å²) in [5, 5.41) is 0. The number of hydrogen-bond acceptors (Lipinski definition) is 1. The zero-order chi connectivity index (χ0) is 10.7. The molecule has 0 radical (unpaired) electrons. The minimum atomic E-state index is 0.893. The number of aromatic amines is 1. The summed E-state index contributed by atoms with van der Waals surface area (Å²) in [6, 6.07) is 0. The lowest BCUT2D eigenvalue weighted by Gasteiger charge is -2.11. The van der Waals surface area contributed by atoms with E-state index in [9.17, 15) is 0 Å². The second-order valence-electron chi connectivity index (χ2n) is 4.53. The van der Waals surface area contributed by atoms with E-state index in [-0.39, 0.29) is 0 Å². The van der Waals surface area contributed by atoms with Crippen molar-refractivity contribution in [2.45, 2.75) is 52.0 Å². The number of rotatable bonds is 4. The molecular formula is C12H20N2S.